The summed E-state index contributed by atoms with van der Waals surface area (Å²) in [7, 11) is -3.84. The van der Waals surface area contributed by atoms with Gasteiger partial charge >= 0.3 is 0 Å². The maximum Gasteiger partial charge on any atom is 0.245 e. The predicted octanol–water partition coefficient (Wildman–Crippen LogP) is 3.10. The third-order valence-electron chi connectivity index (χ3n) is 5.37. The number of nitrogens with zero attached hydrogens (tertiary/aromatic N) is 2. The minimum absolute atomic E-state index is 0.133. The monoisotopic (exact) mass is 406 g/mol. The first-order valence-electron chi connectivity index (χ1n) is 9.26. The van der Waals surface area contributed by atoms with E-state index < -0.39 is 33.6 Å². The van der Waals surface area contributed by atoms with E-state index in [2.05, 4.69) is 0 Å². The Labute approximate surface area is 162 Å². The van der Waals surface area contributed by atoms with Gasteiger partial charge in [-0.05, 0) is 37.5 Å². The highest BCUT2D eigenvalue weighted by Crippen LogP contribution is 2.34. The second kappa shape index (κ2) is 7.25. The quantitative estimate of drug-likeness (QED) is 0.787. The second-order valence-corrected chi connectivity index (χ2v) is 8.96. The topological polar surface area (TPSA) is 57.7 Å². The molecular weight excluding hydrogens is 386 g/mol. The average Bonchev–Trinajstić information content (AvgIpc) is 3.12. The lowest BCUT2D eigenvalue weighted by molar-refractivity contribution is -0.123. The fourth-order valence-electron chi connectivity index (χ4n) is 4.00. The first kappa shape index (κ1) is 19.0. The van der Waals surface area contributed by atoms with Gasteiger partial charge in [0.15, 0.2) is 0 Å². The lowest BCUT2D eigenvalue weighted by Crippen LogP contribution is -2.52. The lowest BCUT2D eigenvalue weighted by Gasteiger charge is -2.36. The highest BCUT2D eigenvalue weighted by atomic mass is 32.2. The summed E-state index contributed by atoms with van der Waals surface area (Å²) in [5, 5.41) is 0. The fourth-order valence-corrected chi connectivity index (χ4v) is 5.67. The molecule has 1 fully saturated rings. The molecule has 1 saturated heterocycles. The van der Waals surface area contributed by atoms with E-state index >= 15 is 0 Å². The molecule has 2 aliphatic heterocycles. The molecule has 2 aliphatic rings. The molecule has 8 heteroatoms. The Bertz CT molecular complexity index is 1010. The Morgan fingerprint density at radius 1 is 1.04 bits per heavy atom. The number of hydrogen-bond acceptors (Lipinski definition) is 3. The predicted molar refractivity (Wildman–Crippen MR) is 100 cm³/mol. The van der Waals surface area contributed by atoms with Crippen LogP contribution in [0.25, 0.3) is 0 Å². The van der Waals surface area contributed by atoms with Crippen LogP contribution in [0.2, 0.25) is 0 Å². The lowest BCUT2D eigenvalue weighted by atomic mass is 10.0. The molecule has 0 N–H and O–H groups in total. The molecule has 0 bridgehead atoms. The minimum atomic E-state index is -3.84. The summed E-state index contributed by atoms with van der Waals surface area (Å²) in [6.45, 7) is 0.454. The Morgan fingerprint density at radius 2 is 1.79 bits per heavy atom. The van der Waals surface area contributed by atoms with Crippen LogP contribution >= 0.6 is 0 Å². The molecule has 1 atom stereocenters. The number of halogens is 2. The van der Waals surface area contributed by atoms with Crippen molar-refractivity contribution >= 4 is 21.6 Å². The second-order valence-electron chi connectivity index (χ2n) is 7.07. The average molecular weight is 406 g/mol. The van der Waals surface area contributed by atoms with E-state index in [0.29, 0.717) is 18.4 Å². The van der Waals surface area contributed by atoms with Gasteiger partial charge in [-0.2, -0.15) is 4.31 Å². The van der Waals surface area contributed by atoms with Crippen molar-refractivity contribution < 1.29 is 22.0 Å². The van der Waals surface area contributed by atoms with E-state index in [-0.39, 0.29) is 30.1 Å². The third-order valence-corrected chi connectivity index (χ3v) is 7.29. The zero-order valence-electron chi connectivity index (χ0n) is 15.1. The van der Waals surface area contributed by atoms with Crippen LogP contribution in [0.5, 0.6) is 0 Å². The molecule has 1 amide bonds. The highest BCUT2D eigenvalue weighted by molar-refractivity contribution is 7.89. The van der Waals surface area contributed by atoms with Crippen LogP contribution in [0.4, 0.5) is 14.5 Å². The number of hydrogen-bond donors (Lipinski definition) is 0. The maximum absolute atomic E-state index is 14.0. The summed E-state index contributed by atoms with van der Waals surface area (Å²) < 4.78 is 55.2. The standard InChI is InChI=1S/C20H20F2N2O3S/c21-14-12-17(22)16-9-11-23(19(16)13-14)20(25)18-8-4-5-10-24(18)28(26,27)15-6-2-1-3-7-15/h1-3,6-7,12-13,18H,4-5,8-11H2. The molecule has 0 radical (unpaired) electrons. The first-order valence-corrected chi connectivity index (χ1v) is 10.7. The number of amides is 1. The van der Waals surface area contributed by atoms with Crippen LogP contribution in [0.3, 0.4) is 0 Å². The first-order chi connectivity index (χ1) is 13.4. The largest absolute Gasteiger partial charge is 0.310 e. The summed E-state index contributed by atoms with van der Waals surface area (Å²) in [4.78, 5) is 14.7. The molecule has 4 rings (SSSR count). The third kappa shape index (κ3) is 3.20. The number of carbonyl (C=O) groups excluding carboxylic acids is 1. The molecule has 0 aromatic heterocycles. The van der Waals surface area contributed by atoms with Gasteiger partial charge in [0, 0.05) is 24.7 Å². The summed E-state index contributed by atoms with van der Waals surface area (Å²) in [6, 6.07) is 9.06. The number of benzene rings is 2. The van der Waals surface area contributed by atoms with Crippen molar-refractivity contribution in [3.8, 4) is 0 Å². The summed E-state index contributed by atoms with van der Waals surface area (Å²) in [5.74, 6) is -1.86. The number of fused-ring (bicyclic) bond motifs is 1. The molecule has 0 saturated carbocycles. The van der Waals surface area contributed by atoms with Crippen LogP contribution in [-0.4, -0.2) is 37.8 Å². The van der Waals surface area contributed by atoms with Crippen LogP contribution in [0, 0.1) is 11.6 Å². The van der Waals surface area contributed by atoms with E-state index in [1.807, 2.05) is 0 Å². The van der Waals surface area contributed by atoms with E-state index in [1.54, 1.807) is 18.2 Å². The van der Waals surface area contributed by atoms with Gasteiger partial charge in [-0.3, -0.25) is 4.79 Å². The van der Waals surface area contributed by atoms with Crippen LogP contribution in [0.15, 0.2) is 47.4 Å². The molecule has 2 heterocycles. The van der Waals surface area contributed by atoms with Gasteiger partial charge in [0.25, 0.3) is 0 Å². The van der Waals surface area contributed by atoms with Crippen molar-refractivity contribution in [3.05, 3.63) is 59.7 Å². The molecule has 2 aromatic carbocycles. The summed E-state index contributed by atoms with van der Waals surface area (Å²) in [6.07, 6.45) is 2.05. The summed E-state index contributed by atoms with van der Waals surface area (Å²) >= 11 is 0. The van der Waals surface area contributed by atoms with Crippen LogP contribution < -0.4 is 4.90 Å². The Hall–Kier alpha value is -2.32. The van der Waals surface area contributed by atoms with Crippen LogP contribution in [0.1, 0.15) is 24.8 Å². The van der Waals surface area contributed by atoms with Gasteiger partial charge in [0.1, 0.15) is 17.7 Å². The van der Waals surface area contributed by atoms with Gasteiger partial charge < -0.3 is 4.90 Å². The van der Waals surface area contributed by atoms with Crippen molar-refractivity contribution in [1.82, 2.24) is 4.31 Å². The van der Waals surface area contributed by atoms with Crippen molar-refractivity contribution in [2.45, 2.75) is 36.6 Å². The molecule has 148 valence electrons. The zero-order valence-corrected chi connectivity index (χ0v) is 16.0. The maximum atomic E-state index is 14.0. The Balaban J connectivity index is 1.68. The number of rotatable bonds is 3. The molecular formula is C20H20F2N2O3S. The number of anilines is 1. The van der Waals surface area contributed by atoms with E-state index in [1.165, 1.54) is 21.3 Å². The number of carbonyl (C=O) groups is 1. The smallest absolute Gasteiger partial charge is 0.245 e. The summed E-state index contributed by atoms with van der Waals surface area (Å²) in [5.41, 5.74) is 0.494. The van der Waals surface area contributed by atoms with E-state index in [0.717, 1.165) is 18.6 Å². The fraction of sp³-hybridized carbons (Fsp3) is 0.350. The zero-order chi connectivity index (χ0) is 19.9. The highest BCUT2D eigenvalue weighted by Gasteiger charge is 2.41. The van der Waals surface area contributed by atoms with Crippen molar-refractivity contribution in [2.75, 3.05) is 18.0 Å². The Morgan fingerprint density at radius 3 is 2.54 bits per heavy atom. The SMILES string of the molecule is O=C(C1CCCCN1S(=O)(=O)c1ccccc1)N1CCc2c(F)cc(F)cc21. The van der Waals surface area contributed by atoms with E-state index in [4.69, 9.17) is 0 Å². The minimum Gasteiger partial charge on any atom is -0.310 e. The van der Waals surface area contributed by atoms with Gasteiger partial charge in [-0.15, -0.1) is 0 Å². The van der Waals surface area contributed by atoms with E-state index in [9.17, 15) is 22.0 Å². The number of piperidine rings is 1. The number of sulfonamides is 1. The molecule has 0 spiro atoms. The normalized spacial score (nSPS) is 20.2. The molecule has 5 nitrogen and oxygen atoms in total. The van der Waals surface area contributed by atoms with Crippen molar-refractivity contribution in [3.63, 3.8) is 0 Å². The van der Waals surface area contributed by atoms with Gasteiger partial charge in [0.05, 0.1) is 10.6 Å². The van der Waals surface area contributed by atoms with Crippen molar-refractivity contribution in [2.24, 2.45) is 0 Å². The van der Waals surface area contributed by atoms with Gasteiger partial charge in [-0.1, -0.05) is 24.6 Å². The van der Waals surface area contributed by atoms with Crippen LogP contribution in [-0.2, 0) is 21.2 Å². The Kier molecular flexibility index (Phi) is 4.93. The molecule has 28 heavy (non-hydrogen) atoms. The molecule has 1 unspecified atom stereocenters. The van der Waals surface area contributed by atoms with Crippen molar-refractivity contribution in [1.29, 1.82) is 0 Å². The molecule has 0 aliphatic carbocycles. The molecule has 2 aromatic rings. The van der Waals surface area contributed by atoms with Gasteiger partial charge in [-0.25, -0.2) is 17.2 Å². The van der Waals surface area contributed by atoms with Gasteiger partial charge in [0.2, 0.25) is 15.9 Å².